The number of carbonyl (C=O) groups is 2. The first-order valence-electron chi connectivity index (χ1n) is 8.97. The molecule has 0 N–H and O–H groups in total. The molecule has 3 rings (SSSR count). The summed E-state index contributed by atoms with van der Waals surface area (Å²) in [6, 6.07) is 12.8. The SMILES string of the molecule is CC(=O)c1ccc(SCC(=O)N2CCN(c3cccc(C)c3)CC2)c(F)c1. The van der Waals surface area contributed by atoms with E-state index in [1.807, 2.05) is 11.0 Å². The van der Waals surface area contributed by atoms with E-state index in [0.29, 0.717) is 23.5 Å². The number of amides is 1. The Labute approximate surface area is 163 Å². The first-order chi connectivity index (χ1) is 12.9. The van der Waals surface area contributed by atoms with Crippen LogP contribution in [0, 0.1) is 12.7 Å². The zero-order valence-corrected chi connectivity index (χ0v) is 16.4. The summed E-state index contributed by atoms with van der Waals surface area (Å²) >= 11 is 1.18. The molecule has 0 saturated carbocycles. The number of hydrogen-bond acceptors (Lipinski definition) is 4. The normalized spacial score (nSPS) is 14.3. The fourth-order valence-corrected chi connectivity index (χ4v) is 3.93. The van der Waals surface area contributed by atoms with Gasteiger partial charge in [-0.25, -0.2) is 4.39 Å². The molecule has 1 fully saturated rings. The van der Waals surface area contributed by atoms with Gasteiger partial charge in [-0.2, -0.15) is 0 Å². The van der Waals surface area contributed by atoms with Crippen LogP contribution in [0.1, 0.15) is 22.8 Å². The van der Waals surface area contributed by atoms with E-state index in [0.717, 1.165) is 13.1 Å². The number of carbonyl (C=O) groups excluding carboxylic acids is 2. The number of anilines is 1. The number of halogens is 1. The molecule has 1 amide bonds. The molecule has 1 heterocycles. The van der Waals surface area contributed by atoms with Crippen molar-refractivity contribution in [1.29, 1.82) is 0 Å². The molecule has 0 atom stereocenters. The van der Waals surface area contributed by atoms with E-state index >= 15 is 0 Å². The Balaban J connectivity index is 1.52. The van der Waals surface area contributed by atoms with Gasteiger partial charge in [0.05, 0.1) is 5.75 Å². The monoisotopic (exact) mass is 386 g/mol. The van der Waals surface area contributed by atoms with Crippen molar-refractivity contribution in [3.05, 3.63) is 59.4 Å². The minimum Gasteiger partial charge on any atom is -0.368 e. The van der Waals surface area contributed by atoms with Crippen LogP contribution in [0.4, 0.5) is 10.1 Å². The quantitative estimate of drug-likeness (QED) is 0.579. The summed E-state index contributed by atoms with van der Waals surface area (Å²) in [6.45, 7) is 6.39. The van der Waals surface area contributed by atoms with E-state index in [2.05, 4.69) is 30.0 Å². The van der Waals surface area contributed by atoms with Gasteiger partial charge in [-0.05, 0) is 43.7 Å². The lowest BCUT2D eigenvalue weighted by Gasteiger charge is -2.36. The second-order valence-corrected chi connectivity index (χ2v) is 7.71. The van der Waals surface area contributed by atoms with Crippen LogP contribution >= 0.6 is 11.8 Å². The number of hydrogen-bond donors (Lipinski definition) is 0. The Morgan fingerprint density at radius 2 is 1.81 bits per heavy atom. The summed E-state index contributed by atoms with van der Waals surface area (Å²) in [5, 5.41) is 0. The fraction of sp³-hybridized carbons (Fsp3) is 0.333. The van der Waals surface area contributed by atoms with Crippen molar-refractivity contribution in [1.82, 2.24) is 4.90 Å². The molecule has 2 aromatic rings. The average Bonchev–Trinajstić information content (AvgIpc) is 2.66. The van der Waals surface area contributed by atoms with Crippen LogP contribution in [0.3, 0.4) is 0 Å². The standard InChI is InChI=1S/C21H23FN2O2S/c1-15-4-3-5-18(12-15)23-8-10-24(11-9-23)21(26)14-27-20-7-6-17(16(2)25)13-19(20)22/h3-7,12-13H,8-11,14H2,1-2H3. The van der Waals surface area contributed by atoms with Crippen molar-refractivity contribution in [3.63, 3.8) is 0 Å². The highest BCUT2D eigenvalue weighted by Crippen LogP contribution is 2.24. The van der Waals surface area contributed by atoms with E-state index in [-0.39, 0.29) is 17.4 Å². The molecule has 2 aromatic carbocycles. The maximum atomic E-state index is 14.1. The maximum Gasteiger partial charge on any atom is 0.233 e. The zero-order valence-electron chi connectivity index (χ0n) is 15.6. The number of Topliss-reactive ketones (excluding diaryl/α,β-unsaturated/α-hetero) is 1. The predicted molar refractivity (Wildman–Crippen MR) is 107 cm³/mol. The predicted octanol–water partition coefficient (Wildman–Crippen LogP) is 3.78. The van der Waals surface area contributed by atoms with E-state index in [9.17, 15) is 14.0 Å². The van der Waals surface area contributed by atoms with Crippen molar-refractivity contribution in [2.24, 2.45) is 0 Å². The molecule has 0 bridgehead atoms. The van der Waals surface area contributed by atoms with E-state index < -0.39 is 5.82 Å². The van der Waals surface area contributed by atoms with Gasteiger partial charge in [-0.1, -0.05) is 18.2 Å². The van der Waals surface area contributed by atoms with Crippen molar-refractivity contribution in [2.75, 3.05) is 36.8 Å². The van der Waals surface area contributed by atoms with Crippen LogP contribution in [0.25, 0.3) is 0 Å². The molecule has 0 aliphatic carbocycles. The number of rotatable bonds is 5. The number of piperazine rings is 1. The Hall–Kier alpha value is -2.34. The Kier molecular flexibility index (Phi) is 6.16. The first kappa shape index (κ1) is 19.4. The van der Waals surface area contributed by atoms with Gasteiger partial charge in [0.15, 0.2) is 5.78 Å². The smallest absolute Gasteiger partial charge is 0.233 e. The summed E-state index contributed by atoms with van der Waals surface area (Å²) < 4.78 is 14.1. The van der Waals surface area contributed by atoms with Gasteiger partial charge >= 0.3 is 0 Å². The molecule has 142 valence electrons. The Bertz CT molecular complexity index is 848. The molecular formula is C21H23FN2O2S. The van der Waals surface area contributed by atoms with Crippen LogP contribution < -0.4 is 4.90 Å². The van der Waals surface area contributed by atoms with Gasteiger partial charge in [-0.3, -0.25) is 9.59 Å². The van der Waals surface area contributed by atoms with Crippen LogP contribution in [0.2, 0.25) is 0 Å². The van der Waals surface area contributed by atoms with Crippen molar-refractivity contribution >= 4 is 29.1 Å². The summed E-state index contributed by atoms with van der Waals surface area (Å²) in [6.07, 6.45) is 0. The maximum absolute atomic E-state index is 14.1. The highest BCUT2D eigenvalue weighted by Gasteiger charge is 2.21. The molecule has 1 aliphatic heterocycles. The first-order valence-corrected chi connectivity index (χ1v) is 9.95. The second kappa shape index (κ2) is 8.57. The summed E-state index contributed by atoms with van der Waals surface area (Å²) in [7, 11) is 0. The molecule has 1 saturated heterocycles. The van der Waals surface area contributed by atoms with Gasteiger partial charge in [0, 0.05) is 42.3 Å². The van der Waals surface area contributed by atoms with Crippen molar-refractivity contribution < 1.29 is 14.0 Å². The van der Waals surface area contributed by atoms with Crippen molar-refractivity contribution in [3.8, 4) is 0 Å². The molecular weight excluding hydrogens is 363 g/mol. The lowest BCUT2D eigenvalue weighted by molar-refractivity contribution is -0.128. The largest absolute Gasteiger partial charge is 0.368 e. The summed E-state index contributed by atoms with van der Waals surface area (Å²) in [4.78, 5) is 28.3. The van der Waals surface area contributed by atoms with Crippen molar-refractivity contribution in [2.45, 2.75) is 18.7 Å². The summed E-state index contributed by atoms with van der Waals surface area (Å²) in [5.41, 5.74) is 2.75. The fourth-order valence-electron chi connectivity index (χ4n) is 3.11. The lowest BCUT2D eigenvalue weighted by Crippen LogP contribution is -2.49. The number of ketones is 1. The van der Waals surface area contributed by atoms with Gasteiger partial charge in [0.25, 0.3) is 0 Å². The number of benzene rings is 2. The number of nitrogens with zero attached hydrogens (tertiary/aromatic N) is 2. The molecule has 0 radical (unpaired) electrons. The minimum atomic E-state index is -0.454. The second-order valence-electron chi connectivity index (χ2n) is 6.70. The molecule has 27 heavy (non-hydrogen) atoms. The highest BCUT2D eigenvalue weighted by molar-refractivity contribution is 8.00. The molecule has 0 spiro atoms. The van der Waals surface area contributed by atoms with Gasteiger partial charge in [-0.15, -0.1) is 11.8 Å². The molecule has 0 unspecified atom stereocenters. The third kappa shape index (κ3) is 4.89. The topological polar surface area (TPSA) is 40.6 Å². The summed E-state index contributed by atoms with van der Waals surface area (Å²) in [5.74, 6) is -0.419. The molecule has 4 nitrogen and oxygen atoms in total. The Morgan fingerprint density at radius 3 is 2.44 bits per heavy atom. The van der Waals surface area contributed by atoms with E-state index in [1.165, 1.54) is 36.0 Å². The van der Waals surface area contributed by atoms with Crippen LogP contribution in [0.5, 0.6) is 0 Å². The highest BCUT2D eigenvalue weighted by atomic mass is 32.2. The molecule has 6 heteroatoms. The van der Waals surface area contributed by atoms with Crippen LogP contribution in [-0.2, 0) is 4.79 Å². The van der Waals surface area contributed by atoms with E-state index in [1.54, 1.807) is 12.1 Å². The molecule has 1 aliphatic rings. The zero-order chi connectivity index (χ0) is 19.4. The lowest BCUT2D eigenvalue weighted by atomic mass is 10.1. The minimum absolute atomic E-state index is 0.0129. The van der Waals surface area contributed by atoms with Crippen LogP contribution in [-0.4, -0.2) is 48.5 Å². The van der Waals surface area contributed by atoms with Gasteiger partial charge in [0.1, 0.15) is 5.82 Å². The third-order valence-electron chi connectivity index (χ3n) is 4.69. The third-order valence-corrected chi connectivity index (χ3v) is 5.72. The van der Waals surface area contributed by atoms with Crippen LogP contribution in [0.15, 0.2) is 47.4 Å². The number of aryl methyl sites for hydroxylation is 1. The van der Waals surface area contributed by atoms with Gasteiger partial charge in [0.2, 0.25) is 5.91 Å². The molecule has 0 aromatic heterocycles. The number of thioether (sulfide) groups is 1. The van der Waals surface area contributed by atoms with E-state index in [4.69, 9.17) is 0 Å². The van der Waals surface area contributed by atoms with Gasteiger partial charge < -0.3 is 9.80 Å². The Morgan fingerprint density at radius 1 is 1.07 bits per heavy atom. The average molecular weight is 386 g/mol.